The quantitative estimate of drug-likeness (QED) is 0.127. The Kier molecular flexibility index (Phi) is 8.90. The van der Waals surface area contributed by atoms with Gasteiger partial charge < -0.3 is 14.4 Å². The third-order valence-corrected chi connectivity index (χ3v) is 19.3. The molecule has 0 saturated carbocycles. The van der Waals surface area contributed by atoms with Crippen molar-refractivity contribution in [3.8, 4) is 0 Å². The molecule has 0 spiro atoms. The SMILES string of the molecule is Cc1cc2c3c(c1)N(c1cc(C(C)(C)C)cc(C(C)(C)C)c1)c1c(cc4ccc5cccc6ccc1c4c56)P3(=O)c1cc3ccc4cccc5ccc(c1N2c1cc(C(C)(C)C)cc(C(C)(C)C)c1)c3c45. The van der Waals surface area contributed by atoms with Gasteiger partial charge in [0.2, 0.25) is 0 Å². The molecule has 2 heterocycles. The second-order valence-corrected chi connectivity index (χ2v) is 27.8. The van der Waals surface area contributed by atoms with Crippen molar-refractivity contribution in [2.45, 2.75) is 112 Å². The van der Waals surface area contributed by atoms with Gasteiger partial charge in [-0.3, -0.25) is 0 Å². The summed E-state index contributed by atoms with van der Waals surface area (Å²) in [7, 11) is -3.75. The highest BCUT2D eigenvalue weighted by Gasteiger charge is 2.51. The highest BCUT2D eigenvalue weighted by Crippen LogP contribution is 2.65. The van der Waals surface area contributed by atoms with E-state index in [0.29, 0.717) is 0 Å². The molecule has 71 heavy (non-hydrogen) atoms. The zero-order valence-corrected chi connectivity index (χ0v) is 44.5. The first-order valence-electron chi connectivity index (χ1n) is 25.6. The third-order valence-electron chi connectivity index (χ3n) is 16.2. The van der Waals surface area contributed by atoms with Crippen LogP contribution in [0.2, 0.25) is 0 Å². The van der Waals surface area contributed by atoms with Gasteiger partial charge in [0, 0.05) is 32.8 Å². The minimum atomic E-state index is -3.75. The average molecular weight is 943 g/mol. The Morgan fingerprint density at radius 2 is 0.690 bits per heavy atom. The van der Waals surface area contributed by atoms with Gasteiger partial charge in [-0.25, -0.2) is 0 Å². The largest absolute Gasteiger partial charge is 0.308 e. The molecule has 0 aliphatic carbocycles. The van der Waals surface area contributed by atoms with Gasteiger partial charge in [-0.1, -0.05) is 180 Å². The van der Waals surface area contributed by atoms with E-state index in [0.717, 1.165) is 77.1 Å². The molecule has 0 unspecified atom stereocenters. The molecule has 11 aromatic rings. The topological polar surface area (TPSA) is 23.6 Å². The van der Waals surface area contributed by atoms with Crippen LogP contribution >= 0.6 is 7.14 Å². The van der Waals surface area contributed by atoms with Crippen LogP contribution in [0.25, 0.3) is 64.6 Å². The molecular formula is C67H63N2OP. The maximum atomic E-state index is 18.4. The number of fused-ring (bicyclic) bond motifs is 6. The first-order valence-corrected chi connectivity index (χ1v) is 27.3. The Morgan fingerprint density at radius 3 is 1.03 bits per heavy atom. The molecule has 0 aromatic heterocycles. The van der Waals surface area contributed by atoms with Crippen LogP contribution in [0, 0.1) is 6.92 Å². The highest BCUT2D eigenvalue weighted by molar-refractivity contribution is 7.86. The Bertz CT molecular complexity index is 3790. The molecule has 0 radical (unpaired) electrons. The summed E-state index contributed by atoms with van der Waals surface area (Å²) >= 11 is 0. The van der Waals surface area contributed by atoms with Crippen LogP contribution in [0.1, 0.15) is 111 Å². The van der Waals surface area contributed by atoms with E-state index in [1.807, 2.05) is 0 Å². The number of rotatable bonds is 2. The van der Waals surface area contributed by atoms with Gasteiger partial charge in [-0.15, -0.1) is 0 Å². The number of anilines is 6. The van der Waals surface area contributed by atoms with Crippen molar-refractivity contribution >= 4 is 122 Å². The fraction of sp³-hybridized carbons (Fsp3) is 0.254. The van der Waals surface area contributed by atoms with Gasteiger partial charge in [-0.2, -0.15) is 0 Å². The first-order chi connectivity index (χ1) is 33.5. The lowest BCUT2D eigenvalue weighted by Gasteiger charge is -2.46. The van der Waals surface area contributed by atoms with E-state index in [-0.39, 0.29) is 21.7 Å². The molecule has 0 saturated heterocycles. The van der Waals surface area contributed by atoms with Crippen molar-refractivity contribution in [2.24, 2.45) is 0 Å². The van der Waals surface area contributed by atoms with Crippen LogP contribution in [-0.2, 0) is 26.2 Å². The van der Waals surface area contributed by atoms with Gasteiger partial charge >= 0.3 is 0 Å². The van der Waals surface area contributed by atoms with Gasteiger partial charge in [-0.05, 0) is 159 Å². The monoisotopic (exact) mass is 942 g/mol. The molecule has 0 fully saturated rings. The van der Waals surface area contributed by atoms with Crippen molar-refractivity contribution in [1.29, 1.82) is 0 Å². The minimum Gasteiger partial charge on any atom is -0.308 e. The van der Waals surface area contributed by atoms with E-state index in [1.54, 1.807) is 0 Å². The number of benzene rings is 11. The number of nitrogens with zero attached hydrogens (tertiary/aromatic N) is 2. The van der Waals surface area contributed by atoms with Crippen LogP contribution < -0.4 is 25.7 Å². The molecule has 4 heteroatoms. The van der Waals surface area contributed by atoms with Crippen LogP contribution in [-0.4, -0.2) is 0 Å². The van der Waals surface area contributed by atoms with E-state index in [1.165, 1.54) is 65.3 Å². The van der Waals surface area contributed by atoms with E-state index >= 15 is 4.57 Å². The van der Waals surface area contributed by atoms with Gasteiger partial charge in [0.25, 0.3) is 0 Å². The van der Waals surface area contributed by atoms with E-state index in [9.17, 15) is 0 Å². The van der Waals surface area contributed by atoms with Crippen molar-refractivity contribution in [3.05, 3.63) is 173 Å². The molecule has 352 valence electrons. The average Bonchev–Trinajstić information content (AvgIpc) is 3.31. The van der Waals surface area contributed by atoms with Crippen molar-refractivity contribution in [3.63, 3.8) is 0 Å². The van der Waals surface area contributed by atoms with Crippen LogP contribution in [0.3, 0.4) is 0 Å². The summed E-state index contributed by atoms with van der Waals surface area (Å²) in [5.41, 5.74) is 11.9. The molecule has 2 aliphatic heterocycles. The summed E-state index contributed by atoms with van der Waals surface area (Å²) < 4.78 is 18.4. The molecule has 0 N–H and O–H groups in total. The lowest BCUT2D eigenvalue weighted by atomic mass is 9.80. The van der Waals surface area contributed by atoms with Gasteiger partial charge in [0.15, 0.2) is 7.14 Å². The zero-order valence-electron chi connectivity index (χ0n) is 43.6. The second kappa shape index (κ2) is 14.3. The Balaban J connectivity index is 1.26. The lowest BCUT2D eigenvalue weighted by Crippen LogP contribution is -2.43. The maximum absolute atomic E-state index is 18.4. The molecule has 0 amide bonds. The summed E-state index contributed by atoms with van der Waals surface area (Å²) in [5.74, 6) is 0. The van der Waals surface area contributed by atoms with Crippen LogP contribution in [0.5, 0.6) is 0 Å². The molecule has 3 nitrogen and oxygen atoms in total. The van der Waals surface area contributed by atoms with E-state index in [4.69, 9.17) is 0 Å². The predicted octanol–water partition coefficient (Wildman–Crippen LogP) is 18.2. The second-order valence-electron chi connectivity index (χ2n) is 25.2. The fourth-order valence-corrected chi connectivity index (χ4v) is 15.7. The zero-order chi connectivity index (χ0) is 49.6. The Hall–Kier alpha value is -6.67. The normalized spacial score (nSPS) is 14.9. The number of hydrogen-bond acceptors (Lipinski definition) is 3. The third kappa shape index (κ3) is 6.24. The maximum Gasteiger partial charge on any atom is 0.179 e. The molecular weight excluding hydrogens is 880 g/mol. The Labute approximate surface area is 419 Å². The lowest BCUT2D eigenvalue weighted by molar-refractivity contribution is 0.568. The predicted molar refractivity (Wildman–Crippen MR) is 309 cm³/mol. The minimum absolute atomic E-state index is 0.128. The standard InChI is InChI=1S/C67H63N2OP/c1-38-28-53-63-54(29-38)69(50-36-47(66(8,9)10)33-48(37-50)67(11,12)13)62-52-27-25-42-19-15-17-40-21-23-44(60(52)58(40)42)31-56(62)71(63,70)55-30-43-22-20-39-16-14-18-41-24-26-51(59(43)57(39)41)61(55)68(53)49-34-45(64(2,3)4)32-46(35-49)65(5,6)7/h14-37H,1-13H3. The first kappa shape index (κ1) is 44.3. The van der Waals surface area contributed by atoms with Gasteiger partial charge in [0.05, 0.1) is 28.1 Å². The molecule has 13 rings (SSSR count). The summed E-state index contributed by atoms with van der Waals surface area (Å²) in [6.07, 6.45) is 0. The van der Waals surface area contributed by atoms with Crippen molar-refractivity contribution in [2.75, 3.05) is 9.80 Å². The van der Waals surface area contributed by atoms with Crippen molar-refractivity contribution < 1.29 is 4.57 Å². The number of aryl methyl sites for hydroxylation is 1. The van der Waals surface area contributed by atoms with Crippen molar-refractivity contribution in [1.82, 2.24) is 0 Å². The smallest absolute Gasteiger partial charge is 0.179 e. The molecule has 2 aliphatic rings. The fourth-order valence-electron chi connectivity index (χ4n) is 12.3. The van der Waals surface area contributed by atoms with Crippen LogP contribution in [0.15, 0.2) is 146 Å². The summed E-state index contributed by atoms with van der Waals surface area (Å²) in [5, 5.41) is 17.0. The Morgan fingerprint density at radius 1 is 0.366 bits per heavy atom. The highest BCUT2D eigenvalue weighted by atomic mass is 31.2. The number of hydrogen-bond donors (Lipinski definition) is 0. The molecule has 11 aromatic carbocycles. The van der Waals surface area contributed by atoms with Gasteiger partial charge in [0.1, 0.15) is 0 Å². The van der Waals surface area contributed by atoms with E-state index < -0.39 is 7.14 Å². The summed E-state index contributed by atoms with van der Waals surface area (Å²) in [6, 6.07) is 55.4. The summed E-state index contributed by atoms with van der Waals surface area (Å²) in [4.78, 5) is 5.07. The summed E-state index contributed by atoms with van der Waals surface area (Å²) in [6.45, 7) is 30.1. The molecule has 0 bridgehead atoms. The van der Waals surface area contributed by atoms with E-state index in [2.05, 4.69) is 245 Å². The van der Waals surface area contributed by atoms with Crippen LogP contribution in [0.4, 0.5) is 34.1 Å². The molecule has 0 atom stereocenters.